The van der Waals surface area contributed by atoms with Gasteiger partial charge in [-0.05, 0) is 32.7 Å². The predicted molar refractivity (Wildman–Crippen MR) is 66.5 cm³/mol. The highest BCUT2D eigenvalue weighted by atomic mass is 16.6. The topological polar surface area (TPSA) is 78.9 Å². The van der Waals surface area contributed by atoms with E-state index in [9.17, 15) is 9.59 Å². The van der Waals surface area contributed by atoms with Gasteiger partial charge in [-0.2, -0.15) is 0 Å². The number of rotatable bonds is 6. The van der Waals surface area contributed by atoms with Gasteiger partial charge < -0.3 is 20.1 Å². The van der Waals surface area contributed by atoms with Crippen LogP contribution in [0.25, 0.3) is 0 Å². The van der Waals surface area contributed by atoms with Crippen LogP contribution in [0.2, 0.25) is 0 Å². The van der Waals surface area contributed by atoms with E-state index >= 15 is 0 Å². The summed E-state index contributed by atoms with van der Waals surface area (Å²) in [5.74, 6) is -0.756. The third-order valence-corrected chi connectivity index (χ3v) is 3.02. The van der Waals surface area contributed by atoms with Crippen LogP contribution in [0.1, 0.15) is 32.6 Å². The van der Waals surface area contributed by atoms with Gasteiger partial charge >= 0.3 is 12.1 Å². The monoisotopic (exact) mass is 258 g/mol. The fourth-order valence-electron chi connectivity index (χ4n) is 2.03. The van der Waals surface area contributed by atoms with Crippen molar-refractivity contribution < 1.29 is 19.4 Å². The van der Waals surface area contributed by atoms with Gasteiger partial charge in [0.05, 0.1) is 6.61 Å². The average Bonchev–Trinajstić information content (AvgIpc) is 2.35. The Morgan fingerprint density at radius 2 is 2.06 bits per heavy atom. The minimum absolute atomic E-state index is 0.203. The molecule has 1 rings (SSSR count). The first-order valence-corrected chi connectivity index (χ1v) is 6.50. The van der Waals surface area contributed by atoms with Crippen molar-refractivity contribution in [3.63, 3.8) is 0 Å². The number of hydrogen-bond acceptors (Lipinski definition) is 4. The van der Waals surface area contributed by atoms with E-state index in [0.29, 0.717) is 32.2 Å². The van der Waals surface area contributed by atoms with Crippen molar-refractivity contribution in [1.29, 1.82) is 0 Å². The molecule has 0 aromatic carbocycles. The number of carboxylic acids is 1. The van der Waals surface area contributed by atoms with Crippen LogP contribution in [-0.4, -0.2) is 54.4 Å². The number of amides is 1. The Kier molecular flexibility index (Phi) is 6.49. The summed E-state index contributed by atoms with van der Waals surface area (Å²) in [5.41, 5.74) is 0. The fourth-order valence-corrected chi connectivity index (χ4v) is 2.03. The van der Waals surface area contributed by atoms with Crippen LogP contribution in [-0.2, 0) is 9.53 Å². The van der Waals surface area contributed by atoms with Gasteiger partial charge in [-0.15, -0.1) is 0 Å². The first-order valence-electron chi connectivity index (χ1n) is 6.50. The highest BCUT2D eigenvalue weighted by Gasteiger charge is 2.22. The van der Waals surface area contributed by atoms with E-state index in [1.807, 2.05) is 0 Å². The molecule has 104 valence electrons. The van der Waals surface area contributed by atoms with Crippen LogP contribution >= 0.6 is 0 Å². The van der Waals surface area contributed by atoms with Crippen molar-refractivity contribution in [3.05, 3.63) is 0 Å². The molecule has 0 unspecified atom stereocenters. The lowest BCUT2D eigenvalue weighted by atomic mass is 10.1. The van der Waals surface area contributed by atoms with Crippen LogP contribution in [0, 0.1) is 0 Å². The number of ether oxygens (including phenoxy) is 1. The molecule has 1 aliphatic heterocycles. The smallest absolute Gasteiger partial charge is 0.409 e. The van der Waals surface area contributed by atoms with Gasteiger partial charge in [-0.25, -0.2) is 4.79 Å². The van der Waals surface area contributed by atoms with E-state index in [2.05, 4.69) is 5.32 Å². The van der Waals surface area contributed by atoms with Crippen LogP contribution in [0.5, 0.6) is 0 Å². The van der Waals surface area contributed by atoms with E-state index < -0.39 is 5.97 Å². The van der Waals surface area contributed by atoms with E-state index in [-0.39, 0.29) is 12.5 Å². The summed E-state index contributed by atoms with van der Waals surface area (Å²) in [6, 6.07) is 0.379. The zero-order chi connectivity index (χ0) is 13.4. The molecule has 0 spiro atoms. The molecule has 0 aromatic heterocycles. The third-order valence-electron chi connectivity index (χ3n) is 3.02. The van der Waals surface area contributed by atoms with Gasteiger partial charge in [0.25, 0.3) is 0 Å². The maximum Gasteiger partial charge on any atom is 0.409 e. The summed E-state index contributed by atoms with van der Waals surface area (Å²) in [7, 11) is 0. The number of carbonyl (C=O) groups is 2. The van der Waals surface area contributed by atoms with Crippen LogP contribution < -0.4 is 5.32 Å². The Labute approximate surface area is 107 Å². The molecular formula is C12H22N2O4. The predicted octanol–water partition coefficient (Wildman–Crippen LogP) is 1.06. The van der Waals surface area contributed by atoms with Gasteiger partial charge in [0, 0.05) is 25.6 Å². The number of nitrogens with one attached hydrogen (secondary N) is 1. The van der Waals surface area contributed by atoms with E-state index in [1.165, 1.54) is 0 Å². The molecule has 1 saturated heterocycles. The molecule has 0 aromatic rings. The molecule has 1 aliphatic rings. The van der Waals surface area contributed by atoms with E-state index in [4.69, 9.17) is 9.84 Å². The molecule has 1 heterocycles. The van der Waals surface area contributed by atoms with Crippen molar-refractivity contribution in [2.24, 2.45) is 0 Å². The summed E-state index contributed by atoms with van der Waals surface area (Å²) >= 11 is 0. The zero-order valence-corrected chi connectivity index (χ0v) is 10.9. The molecule has 1 fully saturated rings. The lowest BCUT2D eigenvalue weighted by Crippen LogP contribution is -2.45. The number of aliphatic carboxylic acids is 1. The second kappa shape index (κ2) is 7.92. The molecule has 1 amide bonds. The highest BCUT2D eigenvalue weighted by molar-refractivity contribution is 5.67. The molecule has 6 nitrogen and oxygen atoms in total. The quantitative estimate of drug-likeness (QED) is 0.696. The first kappa shape index (κ1) is 14.8. The minimum Gasteiger partial charge on any atom is -0.481 e. The molecule has 0 bridgehead atoms. The van der Waals surface area contributed by atoms with Crippen LogP contribution in [0.3, 0.4) is 0 Å². The number of likely N-dealkylation sites (tertiary alicyclic amines) is 1. The van der Waals surface area contributed by atoms with Crippen molar-refractivity contribution in [2.45, 2.75) is 38.6 Å². The van der Waals surface area contributed by atoms with Gasteiger partial charge in [0.2, 0.25) is 0 Å². The van der Waals surface area contributed by atoms with Gasteiger partial charge in [-0.1, -0.05) is 0 Å². The Morgan fingerprint density at radius 1 is 1.39 bits per heavy atom. The first-order chi connectivity index (χ1) is 8.63. The molecule has 18 heavy (non-hydrogen) atoms. The Bertz CT molecular complexity index is 275. The summed E-state index contributed by atoms with van der Waals surface area (Å²) in [5, 5.41) is 11.8. The average molecular weight is 258 g/mol. The fraction of sp³-hybridized carbons (Fsp3) is 0.833. The van der Waals surface area contributed by atoms with Crippen molar-refractivity contribution in [2.75, 3.05) is 26.2 Å². The molecule has 0 aliphatic carbocycles. The standard InChI is InChI=1S/C12H22N2O4/c1-2-18-12(17)14-8-5-10(6-9-14)13-7-3-4-11(15)16/h10,13H,2-9H2,1H3,(H,15,16). The lowest BCUT2D eigenvalue weighted by molar-refractivity contribution is -0.137. The van der Waals surface area contributed by atoms with E-state index in [1.54, 1.807) is 11.8 Å². The summed E-state index contributed by atoms with van der Waals surface area (Å²) in [4.78, 5) is 23.5. The molecule has 0 saturated carbocycles. The normalized spacial score (nSPS) is 16.6. The molecule has 2 N–H and O–H groups in total. The highest BCUT2D eigenvalue weighted by Crippen LogP contribution is 2.11. The Balaban J connectivity index is 2.11. The number of carboxylic acid groups (broad SMARTS) is 1. The second-order valence-electron chi connectivity index (χ2n) is 4.41. The maximum absolute atomic E-state index is 11.5. The van der Waals surface area contributed by atoms with Gasteiger partial charge in [0.1, 0.15) is 0 Å². The molecule has 0 radical (unpaired) electrons. The molecular weight excluding hydrogens is 236 g/mol. The number of hydrogen-bond donors (Lipinski definition) is 2. The Morgan fingerprint density at radius 3 is 2.61 bits per heavy atom. The van der Waals surface area contributed by atoms with Crippen molar-refractivity contribution in [3.8, 4) is 0 Å². The Hall–Kier alpha value is -1.30. The number of piperidine rings is 1. The second-order valence-corrected chi connectivity index (χ2v) is 4.41. The maximum atomic E-state index is 11.5. The SMILES string of the molecule is CCOC(=O)N1CCC(NCCCC(=O)O)CC1. The van der Waals surface area contributed by atoms with Crippen LogP contribution in [0.4, 0.5) is 4.79 Å². The van der Waals surface area contributed by atoms with Gasteiger partial charge in [-0.3, -0.25) is 4.79 Å². The van der Waals surface area contributed by atoms with Crippen molar-refractivity contribution >= 4 is 12.1 Å². The number of carbonyl (C=O) groups excluding carboxylic acids is 1. The minimum atomic E-state index is -0.756. The zero-order valence-electron chi connectivity index (χ0n) is 10.9. The largest absolute Gasteiger partial charge is 0.481 e. The summed E-state index contributed by atoms with van der Waals surface area (Å²) in [6.07, 6.45) is 2.40. The van der Waals surface area contributed by atoms with Crippen molar-refractivity contribution in [1.82, 2.24) is 10.2 Å². The number of nitrogens with zero attached hydrogens (tertiary/aromatic N) is 1. The summed E-state index contributed by atoms with van der Waals surface area (Å²) < 4.78 is 4.94. The summed E-state index contributed by atoms with van der Waals surface area (Å²) in [6.45, 7) is 4.34. The molecule has 0 atom stereocenters. The third kappa shape index (κ3) is 5.35. The molecule has 6 heteroatoms. The van der Waals surface area contributed by atoms with E-state index in [0.717, 1.165) is 19.4 Å². The lowest BCUT2D eigenvalue weighted by Gasteiger charge is -2.31. The van der Waals surface area contributed by atoms with Crippen LogP contribution in [0.15, 0.2) is 0 Å². The van der Waals surface area contributed by atoms with Gasteiger partial charge in [0.15, 0.2) is 0 Å².